The van der Waals surface area contributed by atoms with Crippen LogP contribution in [0.5, 0.6) is 0 Å². The van der Waals surface area contributed by atoms with Crippen LogP contribution in [0.25, 0.3) is 0 Å². The first kappa shape index (κ1) is 12.1. The van der Waals surface area contributed by atoms with E-state index in [9.17, 15) is 4.79 Å². The Bertz CT molecular complexity index is 392. The SMILES string of the molecule is CC1CN(Cc2ccc(C(=O)NN)o2)CC1C. The highest BCUT2D eigenvalue weighted by atomic mass is 16.4. The van der Waals surface area contributed by atoms with Crippen LogP contribution in [0.4, 0.5) is 0 Å². The summed E-state index contributed by atoms with van der Waals surface area (Å²) in [4.78, 5) is 13.6. The topological polar surface area (TPSA) is 71.5 Å². The van der Waals surface area contributed by atoms with Gasteiger partial charge in [-0.05, 0) is 24.0 Å². The van der Waals surface area contributed by atoms with E-state index in [1.165, 1.54) is 0 Å². The Hall–Kier alpha value is -1.33. The van der Waals surface area contributed by atoms with Crippen molar-refractivity contribution in [2.75, 3.05) is 13.1 Å². The first-order valence-corrected chi connectivity index (χ1v) is 5.92. The summed E-state index contributed by atoms with van der Waals surface area (Å²) >= 11 is 0. The molecule has 0 saturated carbocycles. The smallest absolute Gasteiger partial charge is 0.300 e. The second-order valence-electron chi connectivity index (χ2n) is 4.89. The number of nitrogens with one attached hydrogen (secondary N) is 1. The third-order valence-corrected chi connectivity index (χ3v) is 3.46. The summed E-state index contributed by atoms with van der Waals surface area (Å²) in [6.45, 7) is 7.45. The lowest BCUT2D eigenvalue weighted by atomic mass is 10.0. The fourth-order valence-corrected chi connectivity index (χ4v) is 2.25. The number of likely N-dealkylation sites (tertiary alicyclic amines) is 1. The lowest BCUT2D eigenvalue weighted by Gasteiger charge is -2.12. The number of carbonyl (C=O) groups excluding carboxylic acids is 1. The van der Waals surface area contributed by atoms with Crippen LogP contribution in [0.3, 0.4) is 0 Å². The maximum Gasteiger partial charge on any atom is 0.300 e. The molecule has 1 aliphatic heterocycles. The number of amides is 1. The largest absolute Gasteiger partial charge is 0.455 e. The Kier molecular flexibility index (Phi) is 3.49. The van der Waals surface area contributed by atoms with Gasteiger partial charge in [0.25, 0.3) is 0 Å². The second-order valence-corrected chi connectivity index (χ2v) is 4.89. The molecule has 3 N–H and O–H groups in total. The molecule has 0 aromatic carbocycles. The summed E-state index contributed by atoms with van der Waals surface area (Å²) in [6.07, 6.45) is 0. The molecule has 1 aromatic rings. The quantitative estimate of drug-likeness (QED) is 0.467. The molecule has 1 fully saturated rings. The van der Waals surface area contributed by atoms with E-state index in [0.717, 1.165) is 37.2 Å². The first-order chi connectivity index (χ1) is 8.10. The van der Waals surface area contributed by atoms with Gasteiger partial charge in [0.15, 0.2) is 5.76 Å². The van der Waals surface area contributed by atoms with E-state index in [-0.39, 0.29) is 11.7 Å². The number of rotatable bonds is 3. The van der Waals surface area contributed by atoms with Crippen LogP contribution in [0, 0.1) is 11.8 Å². The Labute approximate surface area is 101 Å². The summed E-state index contributed by atoms with van der Waals surface area (Å²) in [5, 5.41) is 0. The van der Waals surface area contributed by atoms with Crippen molar-refractivity contribution >= 4 is 5.91 Å². The fraction of sp³-hybridized carbons (Fsp3) is 0.583. The molecule has 2 rings (SSSR count). The van der Waals surface area contributed by atoms with E-state index in [2.05, 4.69) is 24.2 Å². The molecule has 0 aliphatic carbocycles. The van der Waals surface area contributed by atoms with Crippen molar-refractivity contribution in [2.45, 2.75) is 20.4 Å². The van der Waals surface area contributed by atoms with Crippen LogP contribution >= 0.6 is 0 Å². The normalized spacial score (nSPS) is 25.1. The molecule has 94 valence electrons. The van der Waals surface area contributed by atoms with Gasteiger partial charge in [0.2, 0.25) is 0 Å². The summed E-state index contributed by atoms with van der Waals surface area (Å²) in [5.74, 6) is 7.17. The van der Waals surface area contributed by atoms with Gasteiger partial charge in [-0.15, -0.1) is 0 Å². The van der Waals surface area contributed by atoms with Crippen LogP contribution < -0.4 is 11.3 Å². The third kappa shape index (κ3) is 2.68. The van der Waals surface area contributed by atoms with Crippen molar-refractivity contribution in [1.29, 1.82) is 0 Å². The first-order valence-electron chi connectivity index (χ1n) is 5.92. The molecule has 5 heteroatoms. The molecule has 2 atom stereocenters. The van der Waals surface area contributed by atoms with Gasteiger partial charge >= 0.3 is 5.91 Å². The van der Waals surface area contributed by atoms with Crippen molar-refractivity contribution in [3.8, 4) is 0 Å². The molecule has 17 heavy (non-hydrogen) atoms. The Morgan fingerprint density at radius 1 is 1.47 bits per heavy atom. The van der Waals surface area contributed by atoms with Gasteiger partial charge in [0.05, 0.1) is 6.54 Å². The highest BCUT2D eigenvalue weighted by Gasteiger charge is 2.26. The lowest BCUT2D eigenvalue weighted by molar-refractivity contribution is 0.0922. The lowest BCUT2D eigenvalue weighted by Crippen LogP contribution is -2.29. The highest BCUT2D eigenvalue weighted by molar-refractivity contribution is 5.90. The van der Waals surface area contributed by atoms with Gasteiger partial charge in [0.1, 0.15) is 5.76 Å². The standard InChI is InChI=1S/C12H19N3O2/c1-8-5-15(6-9(8)2)7-10-3-4-11(17-10)12(16)14-13/h3-4,8-9H,5-7,13H2,1-2H3,(H,14,16). The van der Waals surface area contributed by atoms with Gasteiger partial charge in [-0.3, -0.25) is 15.1 Å². The highest BCUT2D eigenvalue weighted by Crippen LogP contribution is 2.24. The van der Waals surface area contributed by atoms with Gasteiger partial charge in [-0.25, -0.2) is 5.84 Å². The summed E-state index contributed by atoms with van der Waals surface area (Å²) < 4.78 is 5.44. The average Bonchev–Trinajstić information content (AvgIpc) is 2.87. The van der Waals surface area contributed by atoms with E-state index in [4.69, 9.17) is 10.3 Å². The Balaban J connectivity index is 1.96. The van der Waals surface area contributed by atoms with Crippen LogP contribution in [0.15, 0.2) is 16.5 Å². The molecule has 1 aromatic heterocycles. The molecule has 2 heterocycles. The molecule has 1 amide bonds. The van der Waals surface area contributed by atoms with Crippen molar-refractivity contribution in [2.24, 2.45) is 17.7 Å². The molecule has 0 bridgehead atoms. The van der Waals surface area contributed by atoms with Crippen LogP contribution in [0.2, 0.25) is 0 Å². The van der Waals surface area contributed by atoms with E-state index in [1.54, 1.807) is 6.07 Å². The number of carbonyl (C=O) groups is 1. The van der Waals surface area contributed by atoms with Crippen molar-refractivity contribution in [1.82, 2.24) is 10.3 Å². The van der Waals surface area contributed by atoms with E-state index < -0.39 is 0 Å². The Morgan fingerprint density at radius 3 is 2.71 bits per heavy atom. The number of nitrogen functional groups attached to an aromatic ring is 1. The fourth-order valence-electron chi connectivity index (χ4n) is 2.25. The minimum atomic E-state index is -0.389. The van der Waals surface area contributed by atoms with Crippen LogP contribution in [0.1, 0.15) is 30.2 Å². The summed E-state index contributed by atoms with van der Waals surface area (Å²) in [5.41, 5.74) is 2.06. The number of nitrogens with zero attached hydrogens (tertiary/aromatic N) is 1. The van der Waals surface area contributed by atoms with E-state index in [0.29, 0.717) is 0 Å². The summed E-state index contributed by atoms with van der Waals surface area (Å²) in [7, 11) is 0. The van der Waals surface area contributed by atoms with Gasteiger partial charge in [-0.1, -0.05) is 13.8 Å². The average molecular weight is 237 g/mol. The number of hydrogen-bond donors (Lipinski definition) is 2. The number of nitrogens with two attached hydrogens (primary N) is 1. The van der Waals surface area contributed by atoms with Crippen molar-refractivity contribution in [3.63, 3.8) is 0 Å². The zero-order valence-corrected chi connectivity index (χ0v) is 10.3. The number of hydrazine groups is 1. The molecular formula is C12H19N3O2. The predicted octanol–water partition coefficient (Wildman–Crippen LogP) is 0.971. The number of hydrogen-bond acceptors (Lipinski definition) is 4. The Morgan fingerprint density at radius 2 is 2.12 bits per heavy atom. The van der Waals surface area contributed by atoms with Crippen molar-refractivity contribution < 1.29 is 9.21 Å². The van der Waals surface area contributed by atoms with Crippen LogP contribution in [-0.2, 0) is 6.54 Å². The molecule has 1 saturated heterocycles. The predicted molar refractivity (Wildman–Crippen MR) is 64.0 cm³/mol. The molecule has 1 aliphatic rings. The molecular weight excluding hydrogens is 218 g/mol. The monoisotopic (exact) mass is 237 g/mol. The van der Waals surface area contributed by atoms with Crippen molar-refractivity contribution in [3.05, 3.63) is 23.7 Å². The van der Waals surface area contributed by atoms with Crippen LogP contribution in [-0.4, -0.2) is 23.9 Å². The van der Waals surface area contributed by atoms with Gasteiger partial charge in [0, 0.05) is 13.1 Å². The van der Waals surface area contributed by atoms with E-state index >= 15 is 0 Å². The maximum absolute atomic E-state index is 11.2. The van der Waals surface area contributed by atoms with Gasteiger partial charge in [-0.2, -0.15) is 0 Å². The number of furan rings is 1. The molecule has 2 unspecified atom stereocenters. The molecule has 0 spiro atoms. The second kappa shape index (κ2) is 4.89. The molecule has 0 radical (unpaired) electrons. The minimum absolute atomic E-state index is 0.266. The molecule has 5 nitrogen and oxygen atoms in total. The zero-order chi connectivity index (χ0) is 12.4. The maximum atomic E-state index is 11.2. The third-order valence-electron chi connectivity index (χ3n) is 3.46. The summed E-state index contributed by atoms with van der Waals surface area (Å²) in [6, 6.07) is 3.48. The zero-order valence-electron chi connectivity index (χ0n) is 10.3. The minimum Gasteiger partial charge on any atom is -0.455 e. The van der Waals surface area contributed by atoms with E-state index in [1.807, 2.05) is 6.07 Å². The van der Waals surface area contributed by atoms with Gasteiger partial charge < -0.3 is 4.42 Å².